The number of hydrogen-bond donors (Lipinski definition) is 2. The lowest BCUT2D eigenvalue weighted by atomic mass is 10.4. The minimum absolute atomic E-state index is 0.0489. The van der Waals surface area contributed by atoms with Gasteiger partial charge in [0.1, 0.15) is 0 Å². The molecule has 0 aliphatic rings. The smallest absolute Gasteiger partial charge is 0.312 e. The zero-order chi connectivity index (χ0) is 8.91. The first-order valence-corrected chi connectivity index (χ1v) is 4.67. The highest BCUT2D eigenvalue weighted by Crippen LogP contribution is 1.89. The molecule has 0 saturated heterocycles. The van der Waals surface area contributed by atoms with Crippen LogP contribution in [0, 0.1) is 0 Å². The molecule has 1 unspecified atom stereocenters. The van der Waals surface area contributed by atoms with Gasteiger partial charge in [0.05, 0.1) is 6.61 Å². The van der Waals surface area contributed by atoms with Crippen molar-refractivity contribution in [2.75, 3.05) is 13.2 Å². The lowest BCUT2D eigenvalue weighted by molar-refractivity contribution is 0.242. The van der Waals surface area contributed by atoms with Crippen molar-refractivity contribution < 1.29 is 17.2 Å². The molecule has 0 bridgehead atoms. The first kappa shape index (κ1) is 10.8. The number of nitrogens with one attached hydrogen (secondary N) is 1. The predicted octanol–water partition coefficient (Wildman–Crippen LogP) is -0.196. The fraction of sp³-hybridized carbons (Fsp3) is 1.00. The van der Waals surface area contributed by atoms with Crippen LogP contribution in [0.2, 0.25) is 0 Å². The van der Waals surface area contributed by atoms with Crippen molar-refractivity contribution in [3.8, 4) is 0 Å². The quantitative estimate of drug-likeness (QED) is 0.577. The molecule has 0 spiro atoms. The third-order valence-electron chi connectivity index (χ3n) is 1.02. The van der Waals surface area contributed by atoms with Crippen LogP contribution >= 0.6 is 0 Å². The topological polar surface area (TPSA) is 75.6 Å². The van der Waals surface area contributed by atoms with Crippen molar-refractivity contribution in [3.63, 3.8) is 0 Å². The van der Waals surface area contributed by atoms with E-state index in [0.717, 1.165) is 6.54 Å². The molecule has 5 nitrogen and oxygen atoms in total. The van der Waals surface area contributed by atoms with E-state index in [0.29, 0.717) is 0 Å². The Hall–Kier alpha value is -0.170. The molecule has 11 heavy (non-hydrogen) atoms. The van der Waals surface area contributed by atoms with Crippen LogP contribution in [-0.4, -0.2) is 32.2 Å². The van der Waals surface area contributed by atoms with Crippen LogP contribution in [0.3, 0.4) is 0 Å². The SMILES string of the molecule is CCNC(C)COS(=O)(=O)O. The number of rotatable bonds is 5. The Morgan fingerprint density at radius 3 is 2.55 bits per heavy atom. The third kappa shape index (κ3) is 7.73. The zero-order valence-electron chi connectivity index (χ0n) is 6.57. The molecule has 0 aliphatic heterocycles. The Morgan fingerprint density at radius 2 is 2.18 bits per heavy atom. The molecule has 2 N–H and O–H groups in total. The van der Waals surface area contributed by atoms with Crippen molar-refractivity contribution in [2.45, 2.75) is 19.9 Å². The zero-order valence-corrected chi connectivity index (χ0v) is 7.39. The van der Waals surface area contributed by atoms with Crippen LogP contribution in [0.15, 0.2) is 0 Å². The van der Waals surface area contributed by atoms with Crippen molar-refractivity contribution in [3.05, 3.63) is 0 Å². The predicted molar refractivity (Wildman–Crippen MR) is 40.6 cm³/mol. The molecule has 68 valence electrons. The van der Waals surface area contributed by atoms with E-state index in [1.807, 2.05) is 6.92 Å². The summed E-state index contributed by atoms with van der Waals surface area (Å²) in [6.07, 6.45) is 0. The number of likely N-dealkylation sites (N-methyl/N-ethyl adjacent to an activating group) is 1. The maximum absolute atomic E-state index is 10.0. The first-order chi connectivity index (χ1) is 4.95. The van der Waals surface area contributed by atoms with Gasteiger partial charge in [-0.25, -0.2) is 4.18 Å². The lowest BCUT2D eigenvalue weighted by Crippen LogP contribution is -2.31. The Balaban J connectivity index is 3.54. The largest absolute Gasteiger partial charge is 0.397 e. The van der Waals surface area contributed by atoms with Crippen molar-refractivity contribution in [1.82, 2.24) is 5.32 Å². The van der Waals surface area contributed by atoms with E-state index in [2.05, 4.69) is 9.50 Å². The highest BCUT2D eigenvalue weighted by Gasteiger charge is 2.07. The summed E-state index contributed by atoms with van der Waals surface area (Å²) >= 11 is 0. The molecule has 1 atom stereocenters. The van der Waals surface area contributed by atoms with E-state index in [1.165, 1.54) is 0 Å². The van der Waals surface area contributed by atoms with Gasteiger partial charge in [0.2, 0.25) is 0 Å². The Kier molecular flexibility index (Phi) is 4.58. The van der Waals surface area contributed by atoms with Gasteiger partial charge in [0.25, 0.3) is 0 Å². The highest BCUT2D eigenvalue weighted by molar-refractivity contribution is 7.80. The molecule has 0 fully saturated rings. The van der Waals surface area contributed by atoms with E-state index < -0.39 is 10.4 Å². The molecule has 0 heterocycles. The summed E-state index contributed by atoms with van der Waals surface area (Å²) in [4.78, 5) is 0. The maximum Gasteiger partial charge on any atom is 0.397 e. The maximum atomic E-state index is 10.0. The molecule has 0 aromatic heterocycles. The van der Waals surface area contributed by atoms with E-state index in [1.54, 1.807) is 6.92 Å². The second-order valence-electron chi connectivity index (χ2n) is 2.17. The van der Waals surface area contributed by atoms with Gasteiger partial charge >= 0.3 is 10.4 Å². The van der Waals surface area contributed by atoms with E-state index in [9.17, 15) is 8.42 Å². The molecular weight excluding hydrogens is 170 g/mol. The second kappa shape index (κ2) is 4.66. The van der Waals surface area contributed by atoms with Gasteiger partial charge in [-0.1, -0.05) is 6.92 Å². The minimum Gasteiger partial charge on any atom is -0.312 e. The Labute approximate surface area is 66.7 Å². The summed E-state index contributed by atoms with van der Waals surface area (Å²) in [7, 11) is -4.28. The normalized spacial score (nSPS) is 14.8. The van der Waals surface area contributed by atoms with E-state index in [4.69, 9.17) is 4.55 Å². The summed E-state index contributed by atoms with van der Waals surface area (Å²) in [6, 6.07) is -0.0816. The average molecular weight is 183 g/mol. The van der Waals surface area contributed by atoms with Gasteiger partial charge in [-0.05, 0) is 13.5 Å². The minimum atomic E-state index is -4.28. The summed E-state index contributed by atoms with van der Waals surface area (Å²) in [6.45, 7) is 4.33. The highest BCUT2D eigenvalue weighted by atomic mass is 32.3. The molecule has 0 aromatic rings. The van der Waals surface area contributed by atoms with Gasteiger partial charge in [0, 0.05) is 6.04 Å². The van der Waals surface area contributed by atoms with Crippen LogP contribution in [0.25, 0.3) is 0 Å². The Morgan fingerprint density at radius 1 is 1.64 bits per heavy atom. The average Bonchev–Trinajstić information content (AvgIpc) is 1.83. The van der Waals surface area contributed by atoms with Gasteiger partial charge in [-0.15, -0.1) is 0 Å². The fourth-order valence-corrected chi connectivity index (χ4v) is 0.972. The molecule has 0 radical (unpaired) electrons. The molecule has 0 saturated carbocycles. The van der Waals surface area contributed by atoms with Crippen molar-refractivity contribution in [1.29, 1.82) is 0 Å². The fourth-order valence-electron chi connectivity index (χ4n) is 0.595. The van der Waals surface area contributed by atoms with Crippen LogP contribution in [0.1, 0.15) is 13.8 Å². The van der Waals surface area contributed by atoms with Crippen LogP contribution in [0.5, 0.6) is 0 Å². The molecule has 0 aromatic carbocycles. The van der Waals surface area contributed by atoms with E-state index >= 15 is 0 Å². The molecular formula is C5H13NO4S. The second-order valence-corrected chi connectivity index (χ2v) is 3.26. The molecule has 0 rings (SSSR count). The molecule has 0 amide bonds. The van der Waals surface area contributed by atoms with Gasteiger partial charge in [-0.3, -0.25) is 4.55 Å². The lowest BCUT2D eigenvalue weighted by Gasteiger charge is -2.09. The standard InChI is InChI=1S/C5H13NO4S/c1-3-6-5(2)4-10-11(7,8)9/h5-6H,3-4H2,1-2H3,(H,7,8,9). The van der Waals surface area contributed by atoms with E-state index in [-0.39, 0.29) is 12.6 Å². The van der Waals surface area contributed by atoms with Crippen molar-refractivity contribution in [2.24, 2.45) is 0 Å². The summed E-state index contributed by atoms with van der Waals surface area (Å²) in [5, 5.41) is 2.92. The van der Waals surface area contributed by atoms with Gasteiger partial charge in [0.15, 0.2) is 0 Å². The summed E-state index contributed by atoms with van der Waals surface area (Å²) < 4.78 is 32.4. The van der Waals surface area contributed by atoms with Crippen LogP contribution in [0.4, 0.5) is 0 Å². The van der Waals surface area contributed by atoms with Gasteiger partial charge in [-0.2, -0.15) is 8.42 Å². The molecule has 0 aliphatic carbocycles. The molecule has 6 heteroatoms. The summed E-state index contributed by atoms with van der Waals surface area (Å²) in [5.41, 5.74) is 0. The van der Waals surface area contributed by atoms with Crippen LogP contribution in [-0.2, 0) is 14.6 Å². The Bertz CT molecular complexity index is 189. The monoisotopic (exact) mass is 183 g/mol. The third-order valence-corrected chi connectivity index (χ3v) is 1.45. The number of hydrogen-bond acceptors (Lipinski definition) is 4. The summed E-state index contributed by atoms with van der Waals surface area (Å²) in [5.74, 6) is 0. The van der Waals surface area contributed by atoms with Crippen molar-refractivity contribution >= 4 is 10.4 Å². The van der Waals surface area contributed by atoms with Crippen LogP contribution < -0.4 is 5.32 Å². The van der Waals surface area contributed by atoms with Gasteiger partial charge < -0.3 is 5.32 Å². The first-order valence-electron chi connectivity index (χ1n) is 3.31.